The highest BCUT2D eigenvalue weighted by Gasteiger charge is 2.04. The van der Waals surface area contributed by atoms with E-state index in [9.17, 15) is 8.78 Å². The number of hydrogen-bond acceptors (Lipinski definition) is 1. The SMILES string of the molecule is Cc1cc(Sc2cccc(F)c2)cc(-c2ccc(F)cc2)c1. The standard InChI is InChI=1S/C19H14F2S/c1-13-9-15(14-5-7-16(20)8-6-14)11-19(10-13)22-18-4-2-3-17(21)12-18/h2-12H,1H3. The van der Waals surface area contributed by atoms with E-state index in [1.165, 1.54) is 36.0 Å². The van der Waals surface area contributed by atoms with Crippen LogP contribution >= 0.6 is 11.8 Å². The van der Waals surface area contributed by atoms with Crippen molar-refractivity contribution in [1.82, 2.24) is 0 Å². The first kappa shape index (κ1) is 14.8. The van der Waals surface area contributed by atoms with Gasteiger partial charge in [-0.2, -0.15) is 0 Å². The summed E-state index contributed by atoms with van der Waals surface area (Å²) in [5.74, 6) is -0.484. The summed E-state index contributed by atoms with van der Waals surface area (Å²) in [6.45, 7) is 2.02. The summed E-state index contributed by atoms with van der Waals surface area (Å²) < 4.78 is 26.3. The molecule has 0 aromatic heterocycles. The third kappa shape index (κ3) is 3.55. The predicted octanol–water partition coefficient (Wildman–Crippen LogP) is 6.09. The van der Waals surface area contributed by atoms with Crippen LogP contribution in [0, 0.1) is 18.6 Å². The van der Waals surface area contributed by atoms with Gasteiger partial charge in [-0.15, -0.1) is 0 Å². The molecule has 0 saturated heterocycles. The summed E-state index contributed by atoms with van der Waals surface area (Å²) in [4.78, 5) is 1.89. The molecule has 0 unspecified atom stereocenters. The molecule has 22 heavy (non-hydrogen) atoms. The molecule has 0 amide bonds. The molecular formula is C19H14F2S. The number of halogens is 2. The maximum Gasteiger partial charge on any atom is 0.124 e. The van der Waals surface area contributed by atoms with Gasteiger partial charge in [0.1, 0.15) is 11.6 Å². The average molecular weight is 312 g/mol. The highest BCUT2D eigenvalue weighted by molar-refractivity contribution is 7.99. The molecule has 0 radical (unpaired) electrons. The van der Waals surface area contributed by atoms with Gasteiger partial charge < -0.3 is 0 Å². The Bertz CT molecular complexity index is 795. The van der Waals surface area contributed by atoms with Crippen molar-refractivity contribution in [2.24, 2.45) is 0 Å². The molecule has 0 bridgehead atoms. The van der Waals surface area contributed by atoms with E-state index in [0.717, 1.165) is 26.5 Å². The third-order valence-electron chi connectivity index (χ3n) is 3.26. The molecule has 0 aliphatic rings. The Kier molecular flexibility index (Phi) is 4.25. The van der Waals surface area contributed by atoms with Crippen molar-refractivity contribution in [3.63, 3.8) is 0 Å². The van der Waals surface area contributed by atoms with Crippen LogP contribution in [-0.2, 0) is 0 Å². The fraction of sp³-hybridized carbons (Fsp3) is 0.0526. The van der Waals surface area contributed by atoms with Gasteiger partial charge in [0.05, 0.1) is 0 Å². The van der Waals surface area contributed by atoms with Crippen LogP contribution in [0.4, 0.5) is 8.78 Å². The fourth-order valence-corrected chi connectivity index (χ4v) is 3.30. The van der Waals surface area contributed by atoms with E-state index >= 15 is 0 Å². The van der Waals surface area contributed by atoms with Gasteiger partial charge in [-0.05, 0) is 66.1 Å². The van der Waals surface area contributed by atoms with Crippen molar-refractivity contribution in [2.75, 3.05) is 0 Å². The van der Waals surface area contributed by atoms with E-state index < -0.39 is 0 Å². The molecule has 3 heteroatoms. The normalized spacial score (nSPS) is 10.7. The Labute approximate surface area is 132 Å². The van der Waals surface area contributed by atoms with Gasteiger partial charge in [0.2, 0.25) is 0 Å². The molecule has 110 valence electrons. The first-order chi connectivity index (χ1) is 10.6. The zero-order valence-electron chi connectivity index (χ0n) is 12.0. The van der Waals surface area contributed by atoms with Crippen LogP contribution in [0.25, 0.3) is 11.1 Å². The summed E-state index contributed by atoms with van der Waals surface area (Å²) in [6.07, 6.45) is 0. The average Bonchev–Trinajstić information content (AvgIpc) is 2.47. The van der Waals surface area contributed by atoms with Gasteiger partial charge in [0, 0.05) is 9.79 Å². The monoisotopic (exact) mass is 312 g/mol. The van der Waals surface area contributed by atoms with Crippen LogP contribution in [0.3, 0.4) is 0 Å². The predicted molar refractivity (Wildman–Crippen MR) is 87.1 cm³/mol. The zero-order valence-corrected chi connectivity index (χ0v) is 12.8. The third-order valence-corrected chi connectivity index (χ3v) is 4.22. The minimum absolute atomic E-state index is 0.239. The summed E-state index contributed by atoms with van der Waals surface area (Å²) in [5, 5.41) is 0. The maximum atomic E-state index is 13.3. The second-order valence-corrected chi connectivity index (χ2v) is 6.25. The molecule has 0 N–H and O–H groups in total. The second kappa shape index (κ2) is 6.32. The van der Waals surface area contributed by atoms with Crippen LogP contribution < -0.4 is 0 Å². The van der Waals surface area contributed by atoms with Crippen LogP contribution in [0.2, 0.25) is 0 Å². The van der Waals surface area contributed by atoms with Crippen molar-refractivity contribution in [2.45, 2.75) is 16.7 Å². The van der Waals surface area contributed by atoms with E-state index in [4.69, 9.17) is 0 Å². The molecule has 3 aromatic rings. The van der Waals surface area contributed by atoms with Gasteiger partial charge in [0.15, 0.2) is 0 Å². The number of hydrogen-bond donors (Lipinski definition) is 0. The molecule has 3 rings (SSSR count). The quantitative estimate of drug-likeness (QED) is 0.564. The van der Waals surface area contributed by atoms with E-state index in [1.807, 2.05) is 19.1 Å². The lowest BCUT2D eigenvalue weighted by atomic mass is 10.0. The van der Waals surface area contributed by atoms with Gasteiger partial charge in [-0.25, -0.2) is 8.78 Å². The van der Waals surface area contributed by atoms with Crippen LogP contribution in [0.1, 0.15) is 5.56 Å². The Morgan fingerprint density at radius 3 is 2.18 bits per heavy atom. The largest absolute Gasteiger partial charge is 0.207 e. The smallest absolute Gasteiger partial charge is 0.124 e. The number of benzene rings is 3. The molecule has 0 spiro atoms. The number of rotatable bonds is 3. The summed E-state index contributed by atoms with van der Waals surface area (Å²) in [5.41, 5.74) is 3.10. The Balaban J connectivity index is 1.94. The van der Waals surface area contributed by atoms with Crippen molar-refractivity contribution in [3.8, 4) is 11.1 Å². The van der Waals surface area contributed by atoms with Gasteiger partial charge in [0.25, 0.3) is 0 Å². The van der Waals surface area contributed by atoms with E-state index in [1.54, 1.807) is 18.2 Å². The van der Waals surface area contributed by atoms with Crippen molar-refractivity contribution in [3.05, 3.63) is 83.9 Å². The van der Waals surface area contributed by atoms with Gasteiger partial charge in [-0.1, -0.05) is 36.0 Å². The first-order valence-electron chi connectivity index (χ1n) is 6.91. The lowest BCUT2D eigenvalue weighted by Crippen LogP contribution is -1.84. The topological polar surface area (TPSA) is 0 Å². The van der Waals surface area contributed by atoms with Crippen LogP contribution in [0.5, 0.6) is 0 Å². The fourth-order valence-electron chi connectivity index (χ4n) is 2.28. The molecule has 0 aliphatic carbocycles. The van der Waals surface area contributed by atoms with E-state index in [2.05, 4.69) is 12.1 Å². The van der Waals surface area contributed by atoms with E-state index in [0.29, 0.717) is 0 Å². The minimum atomic E-state index is -0.245. The highest BCUT2D eigenvalue weighted by atomic mass is 32.2. The van der Waals surface area contributed by atoms with Gasteiger partial charge >= 0.3 is 0 Å². The molecule has 0 saturated carbocycles. The molecule has 0 heterocycles. The van der Waals surface area contributed by atoms with Crippen molar-refractivity contribution >= 4 is 11.8 Å². The van der Waals surface area contributed by atoms with Gasteiger partial charge in [-0.3, -0.25) is 0 Å². The summed E-state index contributed by atoms with van der Waals surface area (Å²) >= 11 is 1.51. The summed E-state index contributed by atoms with van der Waals surface area (Å²) in [6, 6.07) is 19.1. The first-order valence-corrected chi connectivity index (χ1v) is 7.73. The lowest BCUT2D eigenvalue weighted by Gasteiger charge is -2.08. The summed E-state index contributed by atoms with van der Waals surface area (Å²) in [7, 11) is 0. The molecule has 0 nitrogen and oxygen atoms in total. The molecule has 0 fully saturated rings. The Hall–Kier alpha value is -2.13. The molecule has 0 atom stereocenters. The van der Waals surface area contributed by atoms with Crippen LogP contribution in [-0.4, -0.2) is 0 Å². The van der Waals surface area contributed by atoms with Crippen molar-refractivity contribution < 1.29 is 8.78 Å². The molecular weight excluding hydrogens is 298 g/mol. The lowest BCUT2D eigenvalue weighted by molar-refractivity contribution is 0.624. The van der Waals surface area contributed by atoms with Crippen LogP contribution in [0.15, 0.2) is 76.5 Å². The Morgan fingerprint density at radius 1 is 0.682 bits per heavy atom. The van der Waals surface area contributed by atoms with E-state index in [-0.39, 0.29) is 11.6 Å². The maximum absolute atomic E-state index is 13.3. The molecule has 0 aliphatic heterocycles. The Morgan fingerprint density at radius 2 is 1.45 bits per heavy atom. The minimum Gasteiger partial charge on any atom is -0.207 e. The second-order valence-electron chi connectivity index (χ2n) is 5.10. The highest BCUT2D eigenvalue weighted by Crippen LogP contribution is 2.32. The molecule has 3 aromatic carbocycles. The zero-order chi connectivity index (χ0) is 15.5. The number of aryl methyl sites for hydroxylation is 1. The van der Waals surface area contributed by atoms with Crippen molar-refractivity contribution in [1.29, 1.82) is 0 Å².